The lowest BCUT2D eigenvalue weighted by atomic mass is 9.94. The van der Waals surface area contributed by atoms with Crippen LogP contribution in [0.3, 0.4) is 0 Å². The summed E-state index contributed by atoms with van der Waals surface area (Å²) >= 11 is 0. The van der Waals surface area contributed by atoms with Gasteiger partial charge >= 0.3 is 0 Å². The van der Waals surface area contributed by atoms with Gasteiger partial charge in [-0.15, -0.1) is 0 Å². The van der Waals surface area contributed by atoms with Gasteiger partial charge in [-0.3, -0.25) is 0 Å². The lowest BCUT2D eigenvalue weighted by molar-refractivity contribution is 0.181. The van der Waals surface area contributed by atoms with Gasteiger partial charge in [0.05, 0.1) is 12.3 Å². The van der Waals surface area contributed by atoms with Crippen molar-refractivity contribution in [3.63, 3.8) is 0 Å². The summed E-state index contributed by atoms with van der Waals surface area (Å²) in [6, 6.07) is 2.63. The van der Waals surface area contributed by atoms with Gasteiger partial charge in [0.25, 0.3) is 0 Å². The van der Waals surface area contributed by atoms with Gasteiger partial charge in [0.15, 0.2) is 0 Å². The minimum Gasteiger partial charge on any atom is -0.378 e. The molecule has 0 radical (unpaired) electrons. The zero-order valence-corrected chi connectivity index (χ0v) is 14.3. The van der Waals surface area contributed by atoms with Gasteiger partial charge in [-0.05, 0) is 25.7 Å². The first kappa shape index (κ1) is 16.2. The van der Waals surface area contributed by atoms with Crippen molar-refractivity contribution in [2.45, 2.75) is 65.5 Å². The van der Waals surface area contributed by atoms with Crippen LogP contribution in [0.25, 0.3) is 0 Å². The SMILES string of the molecule is COCc1cc(N2CC(C)CCC2C)nc(C(C)(C)C)n1. The standard InChI is InChI=1S/C17H29N3O/c1-12-7-8-13(2)20(10-12)15-9-14(11-21-6)18-16(19-15)17(3,4)5/h9,12-13H,7-8,10-11H2,1-6H3. The maximum Gasteiger partial charge on any atom is 0.136 e. The Hall–Kier alpha value is -1.16. The first-order valence-corrected chi connectivity index (χ1v) is 7.95. The molecule has 1 saturated heterocycles. The zero-order chi connectivity index (χ0) is 15.6. The molecule has 1 aliphatic heterocycles. The third-order valence-electron chi connectivity index (χ3n) is 4.14. The zero-order valence-electron chi connectivity index (χ0n) is 14.3. The number of anilines is 1. The fourth-order valence-electron chi connectivity index (χ4n) is 2.80. The second-order valence-corrected chi connectivity index (χ2v) is 7.41. The molecule has 0 spiro atoms. The number of nitrogens with zero attached hydrogens (tertiary/aromatic N) is 3. The molecule has 0 aromatic carbocycles. The summed E-state index contributed by atoms with van der Waals surface area (Å²) in [5, 5.41) is 0. The molecule has 0 saturated carbocycles. The molecule has 0 N–H and O–H groups in total. The van der Waals surface area contributed by atoms with E-state index in [9.17, 15) is 0 Å². The molecule has 1 aromatic rings. The van der Waals surface area contributed by atoms with E-state index in [1.165, 1.54) is 12.8 Å². The van der Waals surface area contributed by atoms with E-state index in [0.29, 0.717) is 12.6 Å². The monoisotopic (exact) mass is 291 g/mol. The molecule has 2 atom stereocenters. The second-order valence-electron chi connectivity index (χ2n) is 7.41. The third-order valence-corrected chi connectivity index (χ3v) is 4.14. The van der Waals surface area contributed by atoms with Crippen molar-refractivity contribution < 1.29 is 4.74 Å². The van der Waals surface area contributed by atoms with Crippen LogP contribution >= 0.6 is 0 Å². The maximum atomic E-state index is 5.28. The fraction of sp³-hybridized carbons (Fsp3) is 0.765. The van der Waals surface area contributed by atoms with E-state index in [1.54, 1.807) is 7.11 Å². The van der Waals surface area contributed by atoms with Crippen molar-refractivity contribution in [2.75, 3.05) is 18.6 Å². The fourth-order valence-corrected chi connectivity index (χ4v) is 2.80. The number of aromatic nitrogens is 2. The number of hydrogen-bond donors (Lipinski definition) is 0. The predicted molar refractivity (Wildman–Crippen MR) is 86.7 cm³/mol. The highest BCUT2D eigenvalue weighted by Gasteiger charge is 2.26. The number of piperidine rings is 1. The lowest BCUT2D eigenvalue weighted by Gasteiger charge is -2.38. The highest BCUT2D eigenvalue weighted by atomic mass is 16.5. The number of methoxy groups -OCH3 is 1. The average Bonchev–Trinajstić information content (AvgIpc) is 2.40. The summed E-state index contributed by atoms with van der Waals surface area (Å²) in [5.41, 5.74) is 0.918. The van der Waals surface area contributed by atoms with Crippen LogP contribution in [0, 0.1) is 5.92 Å². The summed E-state index contributed by atoms with van der Waals surface area (Å²) in [7, 11) is 1.71. The molecule has 1 fully saturated rings. The summed E-state index contributed by atoms with van der Waals surface area (Å²) in [4.78, 5) is 12.0. The molecule has 2 rings (SSSR count). The van der Waals surface area contributed by atoms with E-state index >= 15 is 0 Å². The average molecular weight is 291 g/mol. The summed E-state index contributed by atoms with van der Waals surface area (Å²) in [6.07, 6.45) is 2.54. The Morgan fingerprint density at radius 3 is 2.57 bits per heavy atom. The van der Waals surface area contributed by atoms with Gasteiger partial charge in [-0.25, -0.2) is 9.97 Å². The van der Waals surface area contributed by atoms with Gasteiger partial charge in [0.1, 0.15) is 11.6 Å². The van der Waals surface area contributed by atoms with Crippen molar-refractivity contribution >= 4 is 5.82 Å². The summed E-state index contributed by atoms with van der Waals surface area (Å²) in [6.45, 7) is 12.7. The molecule has 4 nitrogen and oxygen atoms in total. The summed E-state index contributed by atoms with van der Waals surface area (Å²) in [5.74, 6) is 2.68. The van der Waals surface area contributed by atoms with Crippen LogP contribution in [0.15, 0.2) is 6.07 Å². The van der Waals surface area contributed by atoms with Gasteiger partial charge in [-0.1, -0.05) is 27.7 Å². The highest BCUT2D eigenvalue weighted by Crippen LogP contribution is 2.28. The predicted octanol–water partition coefficient (Wildman–Crippen LogP) is 3.55. The molecule has 0 aliphatic carbocycles. The quantitative estimate of drug-likeness (QED) is 0.853. The van der Waals surface area contributed by atoms with E-state index in [1.807, 2.05) is 0 Å². The molecule has 4 heteroatoms. The number of ether oxygens (including phenoxy) is 1. The van der Waals surface area contributed by atoms with Crippen molar-refractivity contribution in [3.8, 4) is 0 Å². The van der Waals surface area contributed by atoms with Crippen molar-refractivity contribution in [2.24, 2.45) is 5.92 Å². The van der Waals surface area contributed by atoms with Crippen LogP contribution in [-0.2, 0) is 16.8 Å². The molecule has 2 heterocycles. The second kappa shape index (κ2) is 6.30. The Labute approximate surface area is 128 Å². The third kappa shape index (κ3) is 3.94. The van der Waals surface area contributed by atoms with Crippen LogP contribution in [-0.4, -0.2) is 29.7 Å². The topological polar surface area (TPSA) is 38.2 Å². The summed E-state index contributed by atoms with van der Waals surface area (Å²) < 4.78 is 5.28. The molecular formula is C17H29N3O. The Morgan fingerprint density at radius 2 is 1.95 bits per heavy atom. The number of hydrogen-bond acceptors (Lipinski definition) is 4. The highest BCUT2D eigenvalue weighted by molar-refractivity contribution is 5.42. The molecule has 0 bridgehead atoms. The Morgan fingerprint density at radius 1 is 1.24 bits per heavy atom. The molecule has 118 valence electrons. The van der Waals surface area contributed by atoms with Crippen molar-refractivity contribution in [1.82, 2.24) is 9.97 Å². The lowest BCUT2D eigenvalue weighted by Crippen LogP contribution is -2.42. The molecule has 0 amide bonds. The first-order valence-electron chi connectivity index (χ1n) is 7.95. The van der Waals surface area contributed by atoms with Gasteiger partial charge in [0.2, 0.25) is 0 Å². The van der Waals surface area contributed by atoms with Crippen LogP contribution < -0.4 is 4.90 Å². The van der Waals surface area contributed by atoms with E-state index in [4.69, 9.17) is 9.72 Å². The largest absolute Gasteiger partial charge is 0.378 e. The Balaban J connectivity index is 2.39. The molecule has 21 heavy (non-hydrogen) atoms. The van der Waals surface area contributed by atoms with Gasteiger partial charge < -0.3 is 9.64 Å². The Bertz CT molecular complexity index is 481. The van der Waals surface area contributed by atoms with Crippen molar-refractivity contribution in [3.05, 3.63) is 17.6 Å². The van der Waals surface area contributed by atoms with E-state index in [2.05, 4.69) is 50.6 Å². The maximum absolute atomic E-state index is 5.28. The number of rotatable bonds is 3. The molecule has 1 aliphatic rings. The minimum absolute atomic E-state index is 0.0524. The van der Waals surface area contributed by atoms with E-state index in [0.717, 1.165) is 29.8 Å². The van der Waals surface area contributed by atoms with Crippen molar-refractivity contribution in [1.29, 1.82) is 0 Å². The first-order chi connectivity index (χ1) is 9.81. The normalized spacial score (nSPS) is 23.4. The Kier molecular flexibility index (Phi) is 4.87. The van der Waals surface area contributed by atoms with E-state index < -0.39 is 0 Å². The minimum atomic E-state index is -0.0524. The smallest absolute Gasteiger partial charge is 0.136 e. The molecule has 1 aromatic heterocycles. The van der Waals surface area contributed by atoms with E-state index in [-0.39, 0.29) is 5.41 Å². The van der Waals surface area contributed by atoms with Crippen LogP contribution in [0.5, 0.6) is 0 Å². The van der Waals surface area contributed by atoms with Crippen LogP contribution in [0.2, 0.25) is 0 Å². The van der Waals surface area contributed by atoms with Gasteiger partial charge in [-0.2, -0.15) is 0 Å². The van der Waals surface area contributed by atoms with Crippen LogP contribution in [0.4, 0.5) is 5.82 Å². The molecule has 2 unspecified atom stereocenters. The van der Waals surface area contributed by atoms with Gasteiger partial charge in [0, 0.05) is 31.2 Å². The molecular weight excluding hydrogens is 262 g/mol. The van der Waals surface area contributed by atoms with Crippen LogP contribution in [0.1, 0.15) is 59.0 Å².